The molecule has 2 unspecified atom stereocenters. The molecular weight excluding hydrogens is 248 g/mol. The Labute approximate surface area is 113 Å². The number of likely N-dealkylation sites (tertiary alicyclic amines) is 1. The number of nitrogens with zero attached hydrogens (tertiary/aromatic N) is 1. The van der Waals surface area contributed by atoms with Crippen LogP contribution in [0.15, 0.2) is 0 Å². The fourth-order valence-corrected chi connectivity index (χ4v) is 2.62. The van der Waals surface area contributed by atoms with Crippen molar-refractivity contribution in [3.05, 3.63) is 0 Å². The zero-order chi connectivity index (χ0) is 13.9. The van der Waals surface area contributed by atoms with Gasteiger partial charge in [0.05, 0.1) is 19.3 Å². The first-order valence-corrected chi connectivity index (χ1v) is 6.85. The van der Waals surface area contributed by atoms with Gasteiger partial charge in [-0.3, -0.25) is 9.59 Å². The first kappa shape index (κ1) is 14.3. The van der Waals surface area contributed by atoms with Gasteiger partial charge in [-0.2, -0.15) is 0 Å². The van der Waals surface area contributed by atoms with Gasteiger partial charge in [-0.1, -0.05) is 0 Å². The minimum absolute atomic E-state index is 0.0881. The highest BCUT2D eigenvalue weighted by atomic mass is 16.5. The number of aliphatic carboxylic acids is 1. The van der Waals surface area contributed by atoms with Gasteiger partial charge in [0, 0.05) is 13.0 Å². The summed E-state index contributed by atoms with van der Waals surface area (Å²) in [5.74, 6) is -1.01. The average Bonchev–Trinajstić information content (AvgIpc) is 2.98. The second-order valence-corrected chi connectivity index (χ2v) is 5.66. The van der Waals surface area contributed by atoms with Crippen LogP contribution in [0.4, 0.5) is 0 Å². The molecule has 6 nitrogen and oxygen atoms in total. The van der Waals surface area contributed by atoms with Crippen molar-refractivity contribution in [2.24, 2.45) is 5.41 Å². The van der Waals surface area contributed by atoms with E-state index in [1.165, 1.54) is 12.8 Å². The van der Waals surface area contributed by atoms with E-state index < -0.39 is 17.4 Å². The van der Waals surface area contributed by atoms with Crippen molar-refractivity contribution in [2.75, 3.05) is 32.8 Å². The number of carboxylic acids is 1. The normalized spacial score (nSPS) is 31.5. The molecule has 2 aliphatic rings. The van der Waals surface area contributed by atoms with Crippen molar-refractivity contribution in [1.82, 2.24) is 10.2 Å². The van der Waals surface area contributed by atoms with Gasteiger partial charge in [-0.25, -0.2) is 0 Å². The predicted molar refractivity (Wildman–Crippen MR) is 68.8 cm³/mol. The maximum Gasteiger partial charge on any atom is 0.313 e. The van der Waals surface area contributed by atoms with Gasteiger partial charge >= 0.3 is 5.97 Å². The lowest BCUT2D eigenvalue weighted by Crippen LogP contribution is -2.50. The number of carboxylic acid groups (broad SMARTS) is 1. The Morgan fingerprint density at radius 3 is 2.74 bits per heavy atom. The molecular formula is C13H22N2O4. The number of carbonyl (C=O) groups is 2. The molecule has 0 saturated carbocycles. The summed E-state index contributed by atoms with van der Waals surface area (Å²) in [5, 5.41) is 12.0. The maximum absolute atomic E-state index is 11.9. The quantitative estimate of drug-likeness (QED) is 0.739. The van der Waals surface area contributed by atoms with Crippen molar-refractivity contribution in [3.63, 3.8) is 0 Å². The molecule has 0 spiro atoms. The van der Waals surface area contributed by atoms with Gasteiger partial charge in [0.15, 0.2) is 0 Å². The molecule has 2 rings (SSSR count). The first-order valence-electron chi connectivity index (χ1n) is 6.85. The van der Waals surface area contributed by atoms with E-state index in [4.69, 9.17) is 4.74 Å². The summed E-state index contributed by atoms with van der Waals surface area (Å²) in [5.41, 5.74) is -1.01. The van der Waals surface area contributed by atoms with Crippen molar-refractivity contribution < 1.29 is 19.4 Å². The van der Waals surface area contributed by atoms with E-state index in [-0.39, 0.29) is 19.1 Å². The topological polar surface area (TPSA) is 78.9 Å². The molecule has 1 amide bonds. The Hall–Kier alpha value is -1.14. The van der Waals surface area contributed by atoms with E-state index >= 15 is 0 Å². The lowest BCUT2D eigenvalue weighted by molar-refractivity contribution is -0.149. The zero-order valence-corrected chi connectivity index (χ0v) is 11.4. The first-order chi connectivity index (χ1) is 9.02. The molecule has 0 bridgehead atoms. The smallest absolute Gasteiger partial charge is 0.313 e. The van der Waals surface area contributed by atoms with Crippen LogP contribution in [0.5, 0.6) is 0 Å². The molecule has 19 heavy (non-hydrogen) atoms. The number of rotatable bonds is 5. The standard InChI is InChI=1S/C13H22N2O4/c1-13(12(17)18)9-19-8-10(13)14-11(16)4-7-15-5-2-3-6-15/h10H,2-9H2,1H3,(H,14,16)(H,17,18). The van der Waals surface area contributed by atoms with Crippen LogP contribution < -0.4 is 5.32 Å². The van der Waals surface area contributed by atoms with Crippen LogP contribution >= 0.6 is 0 Å². The third-order valence-corrected chi connectivity index (χ3v) is 4.13. The predicted octanol–water partition coefficient (Wildman–Crippen LogP) is 0.0782. The fourth-order valence-electron chi connectivity index (χ4n) is 2.62. The van der Waals surface area contributed by atoms with Crippen LogP contribution in [-0.2, 0) is 14.3 Å². The van der Waals surface area contributed by atoms with Crippen LogP contribution in [0.3, 0.4) is 0 Å². The van der Waals surface area contributed by atoms with E-state index in [1.54, 1.807) is 6.92 Å². The molecule has 2 N–H and O–H groups in total. The molecule has 0 radical (unpaired) electrons. The van der Waals surface area contributed by atoms with Gasteiger partial charge in [0.2, 0.25) is 5.91 Å². The summed E-state index contributed by atoms with van der Waals surface area (Å²) in [4.78, 5) is 25.4. The SMILES string of the molecule is CC1(C(=O)O)COCC1NC(=O)CCN1CCCC1. The molecule has 0 aromatic rings. The Kier molecular flexibility index (Phi) is 4.42. The third-order valence-electron chi connectivity index (χ3n) is 4.13. The highest BCUT2D eigenvalue weighted by Crippen LogP contribution is 2.28. The van der Waals surface area contributed by atoms with E-state index in [9.17, 15) is 14.7 Å². The molecule has 0 aromatic heterocycles. The summed E-state index contributed by atoms with van der Waals surface area (Å²) in [6.07, 6.45) is 2.83. The highest BCUT2D eigenvalue weighted by molar-refractivity contribution is 5.80. The number of ether oxygens (including phenoxy) is 1. The molecule has 2 saturated heterocycles. The third kappa shape index (κ3) is 3.25. The lowest BCUT2D eigenvalue weighted by atomic mass is 9.85. The van der Waals surface area contributed by atoms with Crippen molar-refractivity contribution in [1.29, 1.82) is 0 Å². The number of hydrogen-bond donors (Lipinski definition) is 2. The van der Waals surface area contributed by atoms with Gasteiger partial charge < -0.3 is 20.1 Å². The van der Waals surface area contributed by atoms with Crippen molar-refractivity contribution in [3.8, 4) is 0 Å². The van der Waals surface area contributed by atoms with Gasteiger partial charge in [-0.05, 0) is 32.9 Å². The Morgan fingerprint density at radius 2 is 2.11 bits per heavy atom. The summed E-state index contributed by atoms with van der Waals surface area (Å²) in [6.45, 7) is 4.92. The zero-order valence-electron chi connectivity index (χ0n) is 11.4. The van der Waals surface area contributed by atoms with Crippen molar-refractivity contribution in [2.45, 2.75) is 32.2 Å². The summed E-state index contributed by atoms with van der Waals surface area (Å²) in [6, 6.07) is -0.434. The molecule has 108 valence electrons. The number of hydrogen-bond acceptors (Lipinski definition) is 4. The Morgan fingerprint density at radius 1 is 1.42 bits per heavy atom. The number of nitrogens with one attached hydrogen (secondary N) is 1. The van der Waals surface area contributed by atoms with Gasteiger partial charge in [-0.15, -0.1) is 0 Å². The molecule has 2 atom stereocenters. The highest BCUT2D eigenvalue weighted by Gasteiger charge is 2.47. The van der Waals surface area contributed by atoms with E-state index in [0.717, 1.165) is 19.6 Å². The van der Waals surface area contributed by atoms with E-state index in [2.05, 4.69) is 10.2 Å². The summed E-state index contributed by atoms with van der Waals surface area (Å²) < 4.78 is 5.21. The van der Waals surface area contributed by atoms with Crippen molar-refractivity contribution >= 4 is 11.9 Å². The summed E-state index contributed by atoms with van der Waals surface area (Å²) in [7, 11) is 0. The lowest BCUT2D eigenvalue weighted by Gasteiger charge is -2.25. The maximum atomic E-state index is 11.9. The Balaban J connectivity index is 1.79. The van der Waals surface area contributed by atoms with Crippen LogP contribution in [-0.4, -0.2) is 60.8 Å². The second-order valence-electron chi connectivity index (χ2n) is 5.66. The van der Waals surface area contributed by atoms with Crippen LogP contribution in [0.1, 0.15) is 26.2 Å². The second kappa shape index (κ2) is 5.88. The van der Waals surface area contributed by atoms with E-state index in [1.807, 2.05) is 0 Å². The minimum atomic E-state index is -1.01. The molecule has 0 aliphatic carbocycles. The fraction of sp³-hybridized carbons (Fsp3) is 0.846. The number of carbonyl (C=O) groups excluding carboxylic acids is 1. The van der Waals surface area contributed by atoms with Gasteiger partial charge in [0.1, 0.15) is 5.41 Å². The summed E-state index contributed by atoms with van der Waals surface area (Å²) >= 11 is 0. The average molecular weight is 270 g/mol. The molecule has 2 heterocycles. The van der Waals surface area contributed by atoms with E-state index in [0.29, 0.717) is 6.42 Å². The molecule has 6 heteroatoms. The van der Waals surface area contributed by atoms with Crippen LogP contribution in [0, 0.1) is 5.41 Å². The minimum Gasteiger partial charge on any atom is -0.481 e. The number of amides is 1. The van der Waals surface area contributed by atoms with Crippen LogP contribution in [0.25, 0.3) is 0 Å². The largest absolute Gasteiger partial charge is 0.481 e. The monoisotopic (exact) mass is 270 g/mol. The van der Waals surface area contributed by atoms with Crippen LogP contribution in [0.2, 0.25) is 0 Å². The Bertz CT molecular complexity index is 355. The molecule has 0 aromatic carbocycles. The van der Waals surface area contributed by atoms with Gasteiger partial charge in [0.25, 0.3) is 0 Å². The molecule has 2 aliphatic heterocycles. The molecule has 2 fully saturated rings.